The number of aromatic nitrogens is 3. The van der Waals surface area contributed by atoms with E-state index in [2.05, 4.69) is 52.5 Å². The number of H-pyrrole nitrogens is 1. The zero-order chi connectivity index (χ0) is 18.4. The maximum absolute atomic E-state index is 12.5. The topological polar surface area (TPSA) is 70.7 Å². The molecule has 0 radical (unpaired) electrons. The Morgan fingerprint density at radius 2 is 2.04 bits per heavy atom. The summed E-state index contributed by atoms with van der Waals surface area (Å²) in [7, 11) is 0. The van der Waals surface area contributed by atoms with Crippen molar-refractivity contribution in [3.63, 3.8) is 0 Å². The number of nitrogens with zero attached hydrogens (tertiary/aromatic N) is 2. The molecule has 0 aliphatic carbocycles. The molecule has 2 aromatic heterocycles. The number of hydrogen-bond acceptors (Lipinski definition) is 3. The highest BCUT2D eigenvalue weighted by molar-refractivity contribution is 5.77. The molecule has 0 aliphatic heterocycles. The third-order valence-corrected chi connectivity index (χ3v) is 4.61. The lowest BCUT2D eigenvalue weighted by atomic mass is 9.96. The van der Waals surface area contributed by atoms with Crippen molar-refractivity contribution in [2.45, 2.75) is 39.2 Å². The van der Waals surface area contributed by atoms with Crippen LogP contribution in [-0.2, 0) is 11.2 Å². The van der Waals surface area contributed by atoms with Gasteiger partial charge in [-0.15, -0.1) is 0 Å². The molecule has 0 spiro atoms. The maximum Gasteiger partial charge on any atom is 0.220 e. The summed E-state index contributed by atoms with van der Waals surface area (Å²) in [4.78, 5) is 16.7. The van der Waals surface area contributed by atoms with Crippen molar-refractivity contribution in [1.29, 1.82) is 0 Å². The van der Waals surface area contributed by atoms with E-state index in [0.29, 0.717) is 6.42 Å². The molecule has 0 fully saturated rings. The lowest BCUT2D eigenvalue weighted by molar-refractivity contribution is -0.121. The van der Waals surface area contributed by atoms with E-state index in [1.807, 2.05) is 24.5 Å². The molecule has 2 heterocycles. The number of rotatable bonds is 7. The summed E-state index contributed by atoms with van der Waals surface area (Å²) in [5.41, 5.74) is 5.63. The quantitative estimate of drug-likeness (QED) is 0.685. The minimum atomic E-state index is -0.190. The van der Waals surface area contributed by atoms with Gasteiger partial charge < -0.3 is 5.32 Å². The molecule has 0 bridgehead atoms. The van der Waals surface area contributed by atoms with Crippen LogP contribution in [0.25, 0.3) is 0 Å². The summed E-state index contributed by atoms with van der Waals surface area (Å²) < 4.78 is 0. The van der Waals surface area contributed by atoms with Gasteiger partial charge >= 0.3 is 0 Å². The molecule has 3 rings (SSSR count). The summed E-state index contributed by atoms with van der Waals surface area (Å²) >= 11 is 0. The van der Waals surface area contributed by atoms with Crippen molar-refractivity contribution in [2.24, 2.45) is 0 Å². The molecule has 5 nitrogen and oxygen atoms in total. The van der Waals surface area contributed by atoms with Gasteiger partial charge in [-0.2, -0.15) is 5.10 Å². The molecule has 1 atom stereocenters. The van der Waals surface area contributed by atoms with Gasteiger partial charge in [0.15, 0.2) is 0 Å². The average molecular weight is 348 g/mol. The van der Waals surface area contributed by atoms with Gasteiger partial charge in [-0.3, -0.25) is 14.9 Å². The Kier molecular flexibility index (Phi) is 5.79. The van der Waals surface area contributed by atoms with Gasteiger partial charge in [0.1, 0.15) is 0 Å². The van der Waals surface area contributed by atoms with E-state index in [0.717, 1.165) is 29.5 Å². The highest BCUT2D eigenvalue weighted by atomic mass is 16.1. The number of carbonyl (C=O) groups is 1. The second kappa shape index (κ2) is 8.43. The molecular formula is C21H24N4O. The van der Waals surface area contributed by atoms with E-state index in [-0.39, 0.29) is 11.9 Å². The molecule has 1 aromatic carbocycles. The van der Waals surface area contributed by atoms with Crippen LogP contribution in [0.1, 0.15) is 46.7 Å². The minimum absolute atomic E-state index is 0.0422. The van der Waals surface area contributed by atoms with E-state index in [9.17, 15) is 4.79 Å². The van der Waals surface area contributed by atoms with E-state index in [1.165, 1.54) is 11.1 Å². The van der Waals surface area contributed by atoms with E-state index >= 15 is 0 Å². The molecule has 3 aromatic rings. The first-order valence-corrected chi connectivity index (χ1v) is 8.87. The van der Waals surface area contributed by atoms with Crippen LogP contribution in [0.4, 0.5) is 0 Å². The Hall–Kier alpha value is -2.95. The number of amides is 1. The first-order chi connectivity index (χ1) is 12.6. The normalized spacial score (nSPS) is 11.9. The van der Waals surface area contributed by atoms with Crippen LogP contribution in [0, 0.1) is 13.8 Å². The van der Waals surface area contributed by atoms with Gasteiger partial charge in [0, 0.05) is 25.0 Å². The predicted octanol–water partition coefficient (Wildman–Crippen LogP) is 3.65. The molecule has 0 saturated heterocycles. The predicted molar refractivity (Wildman–Crippen MR) is 102 cm³/mol. The van der Waals surface area contributed by atoms with Crippen LogP contribution in [0.3, 0.4) is 0 Å². The van der Waals surface area contributed by atoms with E-state index in [4.69, 9.17) is 0 Å². The van der Waals surface area contributed by atoms with Crippen LogP contribution < -0.4 is 5.32 Å². The minimum Gasteiger partial charge on any atom is -0.345 e. The average Bonchev–Trinajstić information content (AvgIpc) is 3.16. The smallest absolute Gasteiger partial charge is 0.220 e. The summed E-state index contributed by atoms with van der Waals surface area (Å²) in [5, 5.41) is 9.90. The highest BCUT2D eigenvalue weighted by Crippen LogP contribution is 2.24. The number of hydrogen-bond donors (Lipinski definition) is 2. The number of nitrogens with one attached hydrogen (secondary N) is 2. The second-order valence-corrected chi connectivity index (χ2v) is 6.59. The molecule has 26 heavy (non-hydrogen) atoms. The number of benzene rings is 1. The zero-order valence-corrected chi connectivity index (χ0v) is 15.2. The number of pyridine rings is 1. The van der Waals surface area contributed by atoms with Gasteiger partial charge in [0.2, 0.25) is 5.91 Å². The molecule has 0 saturated carbocycles. The molecule has 5 heteroatoms. The van der Waals surface area contributed by atoms with E-state index in [1.54, 1.807) is 12.4 Å². The molecule has 1 amide bonds. The first kappa shape index (κ1) is 17.9. The summed E-state index contributed by atoms with van der Waals surface area (Å²) in [6.45, 7) is 4.18. The fraction of sp³-hybridized carbons (Fsp3) is 0.286. The lowest BCUT2D eigenvalue weighted by Crippen LogP contribution is -2.29. The van der Waals surface area contributed by atoms with Gasteiger partial charge in [0.25, 0.3) is 0 Å². The molecule has 0 aliphatic rings. The van der Waals surface area contributed by atoms with E-state index < -0.39 is 0 Å². The van der Waals surface area contributed by atoms with Crippen LogP contribution in [0.2, 0.25) is 0 Å². The van der Waals surface area contributed by atoms with Crippen molar-refractivity contribution in [2.75, 3.05) is 0 Å². The van der Waals surface area contributed by atoms with Crippen molar-refractivity contribution in [3.05, 3.63) is 82.9 Å². The summed E-state index contributed by atoms with van der Waals surface area (Å²) in [6, 6.07) is 10.0. The summed E-state index contributed by atoms with van der Waals surface area (Å²) in [6.07, 6.45) is 9.33. The largest absolute Gasteiger partial charge is 0.345 e. The van der Waals surface area contributed by atoms with Gasteiger partial charge in [-0.1, -0.05) is 24.3 Å². The monoisotopic (exact) mass is 348 g/mol. The molecular weight excluding hydrogens is 324 g/mol. The Morgan fingerprint density at radius 3 is 2.73 bits per heavy atom. The Balaban J connectivity index is 1.71. The molecule has 2 N–H and O–H groups in total. The maximum atomic E-state index is 12.5. The molecule has 134 valence electrons. The fourth-order valence-corrected chi connectivity index (χ4v) is 2.95. The van der Waals surface area contributed by atoms with Crippen LogP contribution in [-0.4, -0.2) is 21.1 Å². The lowest BCUT2D eigenvalue weighted by Gasteiger charge is -2.20. The zero-order valence-electron chi connectivity index (χ0n) is 15.2. The van der Waals surface area contributed by atoms with Crippen molar-refractivity contribution in [1.82, 2.24) is 20.5 Å². The van der Waals surface area contributed by atoms with Gasteiger partial charge in [0.05, 0.1) is 12.2 Å². The van der Waals surface area contributed by atoms with Crippen LogP contribution >= 0.6 is 0 Å². The van der Waals surface area contributed by atoms with Crippen LogP contribution in [0.15, 0.2) is 55.1 Å². The molecule has 0 unspecified atom stereocenters. The number of aromatic amines is 1. The third kappa shape index (κ3) is 4.57. The third-order valence-electron chi connectivity index (χ3n) is 4.61. The van der Waals surface area contributed by atoms with Gasteiger partial charge in [-0.05, 0) is 60.6 Å². The second-order valence-electron chi connectivity index (χ2n) is 6.59. The highest BCUT2D eigenvalue weighted by Gasteiger charge is 2.17. The number of carbonyl (C=O) groups excluding carboxylic acids is 1. The van der Waals surface area contributed by atoms with Crippen molar-refractivity contribution >= 4 is 5.91 Å². The fourth-order valence-electron chi connectivity index (χ4n) is 2.95. The summed E-state index contributed by atoms with van der Waals surface area (Å²) in [5.74, 6) is 0.0422. The Morgan fingerprint density at radius 1 is 1.15 bits per heavy atom. The number of aryl methyl sites for hydroxylation is 3. The standard InChI is InChI=1S/C21H24N4O/c1-15-8-9-18(11-16(15)2)21(19-6-4-10-22-14-19)25-20(26)7-3-5-17-12-23-24-13-17/h4,6,8-14,21H,3,5,7H2,1-2H3,(H,23,24)(H,25,26)/t21-/m1/s1. The van der Waals surface area contributed by atoms with Crippen LogP contribution in [0.5, 0.6) is 0 Å². The van der Waals surface area contributed by atoms with Gasteiger partial charge in [-0.25, -0.2) is 0 Å². The SMILES string of the molecule is Cc1ccc([C@@H](NC(=O)CCCc2cn[nH]c2)c2cccnc2)cc1C. The van der Waals surface area contributed by atoms with Crippen molar-refractivity contribution in [3.8, 4) is 0 Å². The first-order valence-electron chi connectivity index (χ1n) is 8.87. The Bertz CT molecular complexity index is 844. The Labute approximate surface area is 153 Å². The van der Waals surface area contributed by atoms with Crippen molar-refractivity contribution < 1.29 is 4.79 Å².